The Kier molecular flexibility index (Phi) is 2.28. The Hall–Kier alpha value is 0.130. The molecule has 0 amide bonds. The minimum atomic E-state index is -0.824. The maximum Gasteiger partial charge on any atom is 0.327 e. The first-order valence-electron chi connectivity index (χ1n) is 3.97. The van der Waals surface area contributed by atoms with Crippen LogP contribution < -0.4 is 0 Å². The summed E-state index contributed by atoms with van der Waals surface area (Å²) in [5.41, 5.74) is 0. The van der Waals surface area contributed by atoms with E-state index in [-0.39, 0.29) is 24.6 Å². The first-order valence-corrected chi connectivity index (χ1v) is 5.55. The average molecular weight is 312 g/mol. The zero-order valence-corrected chi connectivity index (χ0v) is 9.84. The molecule has 5 heteroatoms. The molecule has 0 aromatic rings. The van der Waals surface area contributed by atoms with Crippen molar-refractivity contribution in [3.8, 4) is 0 Å². The third kappa shape index (κ3) is 1.28. The topological polar surface area (TPSA) is 46.5 Å². The van der Waals surface area contributed by atoms with Crippen molar-refractivity contribution < 1.29 is 14.6 Å². The number of hydrogen-bond donors (Lipinski definition) is 1. The number of fused-ring (bicyclic) bond motifs is 2. The smallest absolute Gasteiger partial charge is 0.327 e. The van der Waals surface area contributed by atoms with Gasteiger partial charge < -0.3 is 9.84 Å². The first kappa shape index (κ1) is 9.68. The predicted octanol–water partition coefficient (Wildman–Crippen LogP) is 1.34. The number of aliphatic hydroxyl groups excluding tert-OH is 1. The highest BCUT2D eigenvalue weighted by atomic mass is 79.9. The number of alkyl halides is 1. The molecular formula is C8H8Br2O3. The van der Waals surface area contributed by atoms with E-state index in [1.807, 2.05) is 0 Å². The second kappa shape index (κ2) is 3.07. The third-order valence-electron chi connectivity index (χ3n) is 2.53. The van der Waals surface area contributed by atoms with Gasteiger partial charge in [0.05, 0.1) is 0 Å². The summed E-state index contributed by atoms with van der Waals surface area (Å²) in [6.07, 6.45) is 2.25. The molecule has 1 N–H and O–H groups in total. The molecule has 3 atom stereocenters. The van der Waals surface area contributed by atoms with Crippen LogP contribution in [-0.2, 0) is 9.53 Å². The summed E-state index contributed by atoms with van der Waals surface area (Å²) < 4.78 is 5.18. The van der Waals surface area contributed by atoms with Crippen LogP contribution in [0.15, 0.2) is 10.6 Å². The number of halogens is 2. The van der Waals surface area contributed by atoms with Crippen LogP contribution in [0.5, 0.6) is 0 Å². The fourth-order valence-electron chi connectivity index (χ4n) is 1.71. The Morgan fingerprint density at radius 3 is 3.08 bits per heavy atom. The van der Waals surface area contributed by atoms with Crippen LogP contribution in [0.4, 0.5) is 0 Å². The molecule has 13 heavy (non-hydrogen) atoms. The van der Waals surface area contributed by atoms with E-state index >= 15 is 0 Å². The molecule has 2 aliphatic heterocycles. The number of ether oxygens (including phenoxy) is 1. The highest BCUT2D eigenvalue weighted by molar-refractivity contribution is 9.12. The number of rotatable bonds is 1. The maximum absolute atomic E-state index is 11.4. The minimum Gasteiger partial charge on any atom is -0.456 e. The number of esters is 1. The van der Waals surface area contributed by atoms with E-state index in [1.165, 1.54) is 0 Å². The standard InChI is InChI=1S/C8H8Br2O3/c9-5-2-8(10)4(3-11)1-6(5)13-7(8)12/h2,4,6,11H,1,3H2/t4-,6+,8-/m1/s1. The zero-order valence-electron chi connectivity index (χ0n) is 6.67. The van der Waals surface area contributed by atoms with E-state index in [1.54, 1.807) is 6.08 Å². The number of hydrogen-bond acceptors (Lipinski definition) is 3. The van der Waals surface area contributed by atoms with E-state index in [0.717, 1.165) is 4.48 Å². The van der Waals surface area contributed by atoms with Gasteiger partial charge in [-0.05, 0) is 12.5 Å². The molecule has 2 heterocycles. The summed E-state index contributed by atoms with van der Waals surface area (Å²) in [5, 5.41) is 9.10. The molecule has 0 saturated carbocycles. The van der Waals surface area contributed by atoms with Crippen molar-refractivity contribution in [3.63, 3.8) is 0 Å². The predicted molar refractivity (Wildman–Crippen MR) is 53.7 cm³/mol. The lowest BCUT2D eigenvalue weighted by Crippen LogP contribution is -2.53. The Bertz CT molecular complexity index is 289. The molecule has 1 aliphatic carbocycles. The molecule has 72 valence electrons. The van der Waals surface area contributed by atoms with Gasteiger partial charge in [-0.3, -0.25) is 4.79 Å². The molecule has 3 aliphatic rings. The lowest BCUT2D eigenvalue weighted by atomic mass is 9.80. The monoisotopic (exact) mass is 310 g/mol. The molecule has 0 aromatic heterocycles. The van der Waals surface area contributed by atoms with Gasteiger partial charge in [0.15, 0.2) is 0 Å². The van der Waals surface area contributed by atoms with Gasteiger partial charge in [0.25, 0.3) is 0 Å². The van der Waals surface area contributed by atoms with Crippen LogP contribution in [0.1, 0.15) is 6.42 Å². The summed E-state index contributed by atoms with van der Waals surface area (Å²) in [6, 6.07) is 0. The fraction of sp³-hybridized carbons (Fsp3) is 0.625. The summed E-state index contributed by atoms with van der Waals surface area (Å²) >= 11 is 6.66. The Morgan fingerprint density at radius 2 is 2.46 bits per heavy atom. The van der Waals surface area contributed by atoms with Crippen LogP contribution >= 0.6 is 31.9 Å². The van der Waals surface area contributed by atoms with Crippen molar-refractivity contribution in [2.75, 3.05) is 6.61 Å². The summed E-state index contributed by atoms with van der Waals surface area (Å²) in [5.74, 6) is -0.383. The molecule has 1 fully saturated rings. The van der Waals surface area contributed by atoms with Crippen LogP contribution in [0, 0.1) is 5.92 Å². The van der Waals surface area contributed by atoms with E-state index < -0.39 is 4.32 Å². The Labute approximate surface area is 92.4 Å². The van der Waals surface area contributed by atoms with Gasteiger partial charge in [0.2, 0.25) is 0 Å². The summed E-state index contributed by atoms with van der Waals surface area (Å²) in [4.78, 5) is 11.4. The molecular weight excluding hydrogens is 304 g/mol. The fourth-order valence-corrected chi connectivity index (χ4v) is 3.33. The quantitative estimate of drug-likeness (QED) is 0.587. The van der Waals surface area contributed by atoms with Gasteiger partial charge in [-0.25, -0.2) is 0 Å². The molecule has 0 spiro atoms. The lowest BCUT2D eigenvalue weighted by Gasteiger charge is -2.43. The van der Waals surface area contributed by atoms with E-state index in [9.17, 15) is 4.79 Å². The van der Waals surface area contributed by atoms with E-state index in [2.05, 4.69) is 31.9 Å². The second-order valence-corrected chi connectivity index (χ2v) is 5.53. The lowest BCUT2D eigenvalue weighted by molar-refractivity contribution is -0.159. The van der Waals surface area contributed by atoms with Crippen molar-refractivity contribution in [2.24, 2.45) is 5.92 Å². The van der Waals surface area contributed by atoms with Gasteiger partial charge >= 0.3 is 5.97 Å². The third-order valence-corrected chi connectivity index (χ3v) is 4.47. The molecule has 1 saturated heterocycles. The highest BCUT2D eigenvalue weighted by Crippen LogP contribution is 2.47. The SMILES string of the molecule is O=C1O[C@H]2C[C@H](CO)[C@]1(Br)C=C2Br. The molecule has 0 aromatic carbocycles. The normalized spacial score (nSPS) is 43.0. The number of carbonyl (C=O) groups is 1. The largest absolute Gasteiger partial charge is 0.456 e. The first-order chi connectivity index (χ1) is 6.08. The van der Waals surface area contributed by atoms with Crippen molar-refractivity contribution in [3.05, 3.63) is 10.6 Å². The van der Waals surface area contributed by atoms with Gasteiger partial charge in [-0.1, -0.05) is 31.9 Å². The summed E-state index contributed by atoms with van der Waals surface area (Å²) in [6.45, 7) is -0.00632. The molecule has 3 rings (SSSR count). The molecule has 0 unspecified atom stereocenters. The second-order valence-electron chi connectivity index (χ2n) is 3.31. The summed E-state index contributed by atoms with van der Waals surface area (Å²) in [7, 11) is 0. The Balaban J connectivity index is 2.42. The van der Waals surface area contributed by atoms with Crippen LogP contribution in [0.3, 0.4) is 0 Å². The van der Waals surface area contributed by atoms with Gasteiger partial charge in [-0.15, -0.1) is 0 Å². The van der Waals surface area contributed by atoms with Crippen LogP contribution in [0.2, 0.25) is 0 Å². The van der Waals surface area contributed by atoms with E-state index in [4.69, 9.17) is 9.84 Å². The maximum atomic E-state index is 11.4. The van der Waals surface area contributed by atoms with E-state index in [0.29, 0.717) is 6.42 Å². The highest BCUT2D eigenvalue weighted by Gasteiger charge is 2.53. The van der Waals surface area contributed by atoms with Gasteiger partial charge in [0.1, 0.15) is 10.4 Å². The molecule has 3 nitrogen and oxygen atoms in total. The Morgan fingerprint density at radius 1 is 1.77 bits per heavy atom. The zero-order chi connectivity index (χ0) is 9.64. The van der Waals surface area contributed by atoms with Crippen molar-refractivity contribution in [1.82, 2.24) is 0 Å². The number of aliphatic hydroxyl groups is 1. The van der Waals surface area contributed by atoms with Crippen molar-refractivity contribution in [2.45, 2.75) is 16.8 Å². The van der Waals surface area contributed by atoms with Crippen LogP contribution in [0.25, 0.3) is 0 Å². The minimum absolute atomic E-state index is 0.00632. The molecule has 0 radical (unpaired) electrons. The van der Waals surface area contributed by atoms with Crippen LogP contribution in [-0.4, -0.2) is 28.1 Å². The molecule has 2 bridgehead atoms. The van der Waals surface area contributed by atoms with Gasteiger partial charge in [-0.2, -0.15) is 0 Å². The van der Waals surface area contributed by atoms with Crippen molar-refractivity contribution in [1.29, 1.82) is 0 Å². The van der Waals surface area contributed by atoms with Gasteiger partial charge in [0, 0.05) is 17.0 Å². The number of carbonyl (C=O) groups excluding carboxylic acids is 1. The van der Waals surface area contributed by atoms with Crippen molar-refractivity contribution >= 4 is 37.8 Å². The average Bonchev–Trinajstić information content (AvgIpc) is 2.07.